The number of carbonyl (C=O) groups excluding carboxylic acids is 2. The molecule has 0 saturated heterocycles. The van der Waals surface area contributed by atoms with E-state index in [1.165, 1.54) is 0 Å². The summed E-state index contributed by atoms with van der Waals surface area (Å²) in [4.78, 5) is 23.2. The molecule has 1 unspecified atom stereocenters. The van der Waals surface area contributed by atoms with Crippen molar-refractivity contribution in [2.75, 3.05) is 6.61 Å². The highest BCUT2D eigenvalue weighted by Gasteiger charge is 2.19. The first-order chi connectivity index (χ1) is 9.11. The van der Waals surface area contributed by atoms with Crippen molar-refractivity contribution in [1.82, 2.24) is 0 Å². The summed E-state index contributed by atoms with van der Waals surface area (Å²) in [7, 11) is 0. The number of hydrogen-bond acceptors (Lipinski definition) is 4. The highest BCUT2D eigenvalue weighted by Crippen LogP contribution is 2.26. The molecule has 0 amide bonds. The Bertz CT molecular complexity index is 493. The van der Waals surface area contributed by atoms with Crippen molar-refractivity contribution < 1.29 is 19.1 Å². The van der Waals surface area contributed by atoms with Gasteiger partial charge in [-0.2, -0.15) is 0 Å². The summed E-state index contributed by atoms with van der Waals surface area (Å²) in [6.45, 7) is 3.75. The second kappa shape index (κ2) is 5.87. The van der Waals surface area contributed by atoms with Crippen LogP contribution in [-0.2, 0) is 16.0 Å². The van der Waals surface area contributed by atoms with E-state index in [4.69, 9.17) is 9.47 Å². The Balaban J connectivity index is 2.10. The standard InChI is InChI=1S/C15H18O4/c1-3-18-15(17)10(2)19-12-7-8-13-11(9-12)5-4-6-14(13)16/h7-10H,3-6H2,1-2H3. The number of aryl methyl sites for hydroxylation is 1. The van der Waals surface area contributed by atoms with Gasteiger partial charge in [-0.1, -0.05) is 0 Å². The lowest BCUT2D eigenvalue weighted by atomic mass is 9.90. The predicted octanol–water partition coefficient (Wildman–Crippen LogP) is 2.54. The second-order valence-corrected chi connectivity index (χ2v) is 4.61. The average molecular weight is 262 g/mol. The van der Waals surface area contributed by atoms with Gasteiger partial charge in [0.05, 0.1) is 6.61 Å². The van der Waals surface area contributed by atoms with Crippen LogP contribution in [0.3, 0.4) is 0 Å². The third kappa shape index (κ3) is 3.13. The van der Waals surface area contributed by atoms with Gasteiger partial charge < -0.3 is 9.47 Å². The summed E-state index contributed by atoms with van der Waals surface area (Å²) < 4.78 is 10.4. The molecular formula is C15H18O4. The largest absolute Gasteiger partial charge is 0.479 e. The molecule has 2 rings (SSSR count). The number of rotatable bonds is 4. The third-order valence-corrected chi connectivity index (χ3v) is 3.16. The normalized spacial score (nSPS) is 15.6. The molecule has 0 fully saturated rings. The zero-order valence-corrected chi connectivity index (χ0v) is 11.3. The van der Waals surface area contributed by atoms with E-state index in [9.17, 15) is 9.59 Å². The predicted molar refractivity (Wildman–Crippen MR) is 70.4 cm³/mol. The van der Waals surface area contributed by atoms with Crippen LogP contribution in [0.4, 0.5) is 0 Å². The van der Waals surface area contributed by atoms with Crippen LogP contribution in [0.15, 0.2) is 18.2 Å². The van der Waals surface area contributed by atoms with Crippen LogP contribution < -0.4 is 4.74 Å². The zero-order valence-electron chi connectivity index (χ0n) is 11.3. The van der Waals surface area contributed by atoms with Gasteiger partial charge in [0.15, 0.2) is 11.9 Å². The van der Waals surface area contributed by atoms with Crippen LogP contribution >= 0.6 is 0 Å². The van der Waals surface area contributed by atoms with Crippen LogP contribution in [0.1, 0.15) is 42.6 Å². The van der Waals surface area contributed by atoms with E-state index in [1.54, 1.807) is 26.0 Å². The van der Waals surface area contributed by atoms with Crippen LogP contribution in [0, 0.1) is 0 Å². The number of ketones is 1. The van der Waals surface area contributed by atoms with Gasteiger partial charge in [-0.25, -0.2) is 4.79 Å². The van der Waals surface area contributed by atoms with Crippen LogP contribution in [-0.4, -0.2) is 24.5 Å². The molecule has 0 aromatic heterocycles. The summed E-state index contributed by atoms with van der Waals surface area (Å²) in [5, 5.41) is 0. The Morgan fingerprint density at radius 3 is 2.89 bits per heavy atom. The van der Waals surface area contributed by atoms with Crippen LogP contribution in [0.25, 0.3) is 0 Å². The SMILES string of the molecule is CCOC(=O)C(C)Oc1ccc2c(c1)CCCC2=O. The van der Waals surface area contributed by atoms with Gasteiger partial charge in [-0.3, -0.25) is 4.79 Å². The van der Waals surface area contributed by atoms with E-state index in [0.717, 1.165) is 24.0 Å². The van der Waals surface area contributed by atoms with Gasteiger partial charge in [0.1, 0.15) is 5.75 Å². The molecule has 1 aliphatic rings. The fraction of sp³-hybridized carbons (Fsp3) is 0.467. The zero-order chi connectivity index (χ0) is 13.8. The third-order valence-electron chi connectivity index (χ3n) is 3.16. The van der Waals surface area contributed by atoms with Gasteiger partial charge in [-0.15, -0.1) is 0 Å². The number of carbonyl (C=O) groups is 2. The van der Waals surface area contributed by atoms with Gasteiger partial charge in [-0.05, 0) is 50.5 Å². The van der Waals surface area contributed by atoms with E-state index in [0.29, 0.717) is 18.8 Å². The maximum atomic E-state index is 11.7. The molecule has 0 radical (unpaired) electrons. The lowest BCUT2D eigenvalue weighted by molar-refractivity contribution is -0.150. The smallest absolute Gasteiger partial charge is 0.347 e. The fourth-order valence-electron chi connectivity index (χ4n) is 2.21. The molecule has 1 aliphatic carbocycles. The Kier molecular flexibility index (Phi) is 4.20. The number of ether oxygens (including phenoxy) is 2. The van der Waals surface area contributed by atoms with Gasteiger partial charge in [0.25, 0.3) is 0 Å². The summed E-state index contributed by atoms with van der Waals surface area (Å²) in [5.41, 5.74) is 1.78. The van der Waals surface area contributed by atoms with E-state index in [-0.39, 0.29) is 11.8 Å². The van der Waals surface area contributed by atoms with Crippen LogP contribution in [0.5, 0.6) is 5.75 Å². The Morgan fingerprint density at radius 1 is 1.37 bits per heavy atom. The van der Waals surface area contributed by atoms with E-state index < -0.39 is 6.10 Å². The highest BCUT2D eigenvalue weighted by atomic mass is 16.6. The number of fused-ring (bicyclic) bond motifs is 1. The van der Waals surface area contributed by atoms with Crippen molar-refractivity contribution in [1.29, 1.82) is 0 Å². The second-order valence-electron chi connectivity index (χ2n) is 4.61. The number of hydrogen-bond donors (Lipinski definition) is 0. The van der Waals surface area contributed by atoms with Gasteiger partial charge in [0, 0.05) is 12.0 Å². The highest BCUT2D eigenvalue weighted by molar-refractivity contribution is 5.98. The summed E-state index contributed by atoms with van der Waals surface area (Å²) in [5.74, 6) is 0.413. The minimum absolute atomic E-state index is 0.186. The first-order valence-corrected chi connectivity index (χ1v) is 6.61. The van der Waals surface area contributed by atoms with E-state index >= 15 is 0 Å². The molecule has 0 bridgehead atoms. The monoisotopic (exact) mass is 262 g/mol. The molecule has 4 nitrogen and oxygen atoms in total. The lowest BCUT2D eigenvalue weighted by Crippen LogP contribution is -2.26. The molecule has 0 N–H and O–H groups in total. The van der Waals surface area contributed by atoms with Crippen molar-refractivity contribution >= 4 is 11.8 Å². The molecule has 1 atom stereocenters. The first kappa shape index (κ1) is 13.6. The summed E-state index contributed by atoms with van der Waals surface area (Å²) in [6, 6.07) is 5.37. The van der Waals surface area contributed by atoms with Crippen molar-refractivity contribution in [2.24, 2.45) is 0 Å². The van der Waals surface area contributed by atoms with E-state index in [1.807, 2.05) is 6.07 Å². The Morgan fingerprint density at radius 2 is 2.16 bits per heavy atom. The van der Waals surface area contributed by atoms with Gasteiger partial charge in [0.2, 0.25) is 0 Å². The Labute approximate surface area is 112 Å². The molecule has 0 aliphatic heterocycles. The maximum absolute atomic E-state index is 11.7. The minimum atomic E-state index is -0.641. The summed E-state index contributed by atoms with van der Waals surface area (Å²) >= 11 is 0. The minimum Gasteiger partial charge on any atom is -0.479 e. The van der Waals surface area contributed by atoms with Crippen molar-refractivity contribution in [3.05, 3.63) is 29.3 Å². The molecule has 0 spiro atoms. The number of Topliss-reactive ketones (excluding diaryl/α,β-unsaturated/α-hetero) is 1. The van der Waals surface area contributed by atoms with Crippen molar-refractivity contribution in [3.8, 4) is 5.75 Å². The summed E-state index contributed by atoms with van der Waals surface area (Å²) in [6.07, 6.45) is 1.73. The van der Waals surface area contributed by atoms with E-state index in [2.05, 4.69) is 0 Å². The molecule has 0 heterocycles. The Hall–Kier alpha value is -1.84. The number of esters is 1. The molecule has 19 heavy (non-hydrogen) atoms. The lowest BCUT2D eigenvalue weighted by Gasteiger charge is -2.18. The topological polar surface area (TPSA) is 52.6 Å². The van der Waals surface area contributed by atoms with Crippen LogP contribution in [0.2, 0.25) is 0 Å². The molecule has 1 aromatic rings. The average Bonchev–Trinajstić information content (AvgIpc) is 2.39. The number of benzene rings is 1. The molecular weight excluding hydrogens is 244 g/mol. The fourth-order valence-corrected chi connectivity index (χ4v) is 2.21. The first-order valence-electron chi connectivity index (χ1n) is 6.61. The molecule has 4 heteroatoms. The molecule has 1 aromatic carbocycles. The molecule has 0 saturated carbocycles. The van der Waals surface area contributed by atoms with Gasteiger partial charge >= 0.3 is 5.97 Å². The maximum Gasteiger partial charge on any atom is 0.347 e. The van der Waals surface area contributed by atoms with Crippen molar-refractivity contribution in [3.63, 3.8) is 0 Å². The van der Waals surface area contributed by atoms with Crippen molar-refractivity contribution in [2.45, 2.75) is 39.2 Å². The molecule has 102 valence electrons. The quantitative estimate of drug-likeness (QED) is 0.782.